The number of benzene rings is 10. The smallest absolute Gasteiger partial charge is 0.256 e. The van der Waals surface area contributed by atoms with E-state index in [4.69, 9.17) is 0 Å². The lowest BCUT2D eigenvalue weighted by molar-refractivity contribution is -0.125. The number of hydrogen-bond acceptors (Lipinski definition) is 12. The molecule has 10 aromatic carbocycles. The molecule has 22 rings (SSSR count). The summed E-state index contributed by atoms with van der Waals surface area (Å²) in [5.41, 5.74) is 20.9. The van der Waals surface area contributed by atoms with E-state index in [1.807, 2.05) is 224 Å². The number of amides is 8. The Kier molecular flexibility index (Phi) is 33.2. The summed E-state index contributed by atoms with van der Waals surface area (Å²) >= 11 is 0. The first kappa shape index (κ1) is 101. The van der Waals surface area contributed by atoms with Crippen LogP contribution in [0.15, 0.2) is 255 Å². The Morgan fingerprint density at radius 2 is 0.692 bits per heavy atom. The number of piperidine rings is 4. The number of carbonyl (C=O) groups excluding carboxylic acids is 8. The highest BCUT2D eigenvalue weighted by Crippen LogP contribution is 2.46. The third kappa shape index (κ3) is 23.3. The van der Waals surface area contributed by atoms with E-state index in [2.05, 4.69) is 114 Å². The molecule has 7 saturated heterocycles. The predicted octanol–water partition coefficient (Wildman–Crippen LogP) is 24.4. The van der Waals surface area contributed by atoms with Gasteiger partial charge in [-0.3, -0.25) is 38.4 Å². The Bertz CT molecular complexity index is 6360. The van der Waals surface area contributed by atoms with Crippen molar-refractivity contribution in [2.45, 2.75) is 251 Å². The number of likely N-dealkylation sites (tertiary alicyclic amines) is 4. The number of fused-ring (bicyclic) bond motifs is 2. The molecule has 8 heterocycles. The quantitative estimate of drug-likeness (QED) is 0.0559. The van der Waals surface area contributed by atoms with Gasteiger partial charge < -0.3 is 55.6 Å². The van der Waals surface area contributed by atoms with Gasteiger partial charge in [0.05, 0.1) is 52.6 Å². The molecular weight excluding hydrogens is 1810 g/mol. The van der Waals surface area contributed by atoms with Crippen molar-refractivity contribution < 1.29 is 38.4 Å². The molecule has 4 aliphatic carbocycles. The van der Waals surface area contributed by atoms with Crippen LogP contribution in [0.25, 0.3) is 5.69 Å². The van der Waals surface area contributed by atoms with E-state index in [1.165, 1.54) is 112 Å². The molecule has 21 heteroatoms. The van der Waals surface area contributed by atoms with Gasteiger partial charge in [-0.15, -0.1) is 0 Å². The van der Waals surface area contributed by atoms with Gasteiger partial charge in [-0.05, 0) is 341 Å². The van der Waals surface area contributed by atoms with E-state index in [0.29, 0.717) is 48.6 Å². The first-order valence-corrected chi connectivity index (χ1v) is 55.0. The molecule has 21 nitrogen and oxygen atoms in total. The number of rotatable bonds is 20. The third-order valence-electron chi connectivity index (χ3n) is 33.4. The van der Waals surface area contributed by atoms with Crippen molar-refractivity contribution in [3.63, 3.8) is 0 Å². The Labute approximate surface area is 863 Å². The van der Waals surface area contributed by atoms with Gasteiger partial charge in [-0.1, -0.05) is 184 Å². The van der Waals surface area contributed by atoms with E-state index in [1.54, 1.807) is 10.9 Å². The molecule has 2 saturated carbocycles. The lowest BCUT2D eigenvalue weighted by Gasteiger charge is -2.46. The molecule has 11 aromatic rings. The van der Waals surface area contributed by atoms with Crippen LogP contribution >= 0.6 is 0 Å². The van der Waals surface area contributed by atoms with Gasteiger partial charge >= 0.3 is 0 Å². The molecule has 1 aromatic heterocycles. The van der Waals surface area contributed by atoms with Crippen molar-refractivity contribution in [3.8, 4) is 5.69 Å². The van der Waals surface area contributed by atoms with Crippen molar-refractivity contribution in [2.75, 3.05) is 94.9 Å². The number of nitrogens with one attached hydrogen (secondary N) is 4. The molecule has 8 amide bonds. The van der Waals surface area contributed by atoms with Crippen molar-refractivity contribution in [1.82, 2.24) is 29.4 Å². The molecular formula is C125H147N13O8. The predicted molar refractivity (Wildman–Crippen MR) is 585 cm³/mol. The summed E-state index contributed by atoms with van der Waals surface area (Å²) in [6, 6.07) is 80.3. The number of anilines is 7. The van der Waals surface area contributed by atoms with E-state index in [-0.39, 0.29) is 95.1 Å². The second-order valence-electron chi connectivity index (χ2n) is 42.8. The van der Waals surface area contributed by atoms with Gasteiger partial charge in [0.15, 0.2) is 0 Å². The number of carbonyl (C=O) groups is 8. The van der Waals surface area contributed by atoms with Gasteiger partial charge in [0.1, 0.15) is 0 Å². The maximum Gasteiger partial charge on any atom is 0.256 e. The van der Waals surface area contributed by atoms with Gasteiger partial charge in [0, 0.05) is 140 Å². The molecule has 9 fully saturated rings. The Morgan fingerprint density at radius 3 is 1.18 bits per heavy atom. The fraction of sp³-hybridized carbons (Fsp3) is 0.432. The average molecular weight is 1960 g/mol. The second kappa shape index (κ2) is 47.8. The van der Waals surface area contributed by atoms with Gasteiger partial charge in [0.25, 0.3) is 23.6 Å². The van der Waals surface area contributed by atoms with Crippen LogP contribution in [0.2, 0.25) is 0 Å². The Balaban J connectivity index is 0.000000123. The van der Waals surface area contributed by atoms with Crippen molar-refractivity contribution in [2.24, 2.45) is 35.5 Å². The average Bonchev–Trinajstić information content (AvgIpc) is 1.26. The van der Waals surface area contributed by atoms with E-state index in [9.17, 15) is 38.4 Å². The summed E-state index contributed by atoms with van der Waals surface area (Å²) in [6.45, 7) is 16.1. The lowest BCUT2D eigenvalue weighted by Crippen LogP contribution is -2.55. The van der Waals surface area contributed by atoms with E-state index < -0.39 is 0 Å². The summed E-state index contributed by atoms with van der Waals surface area (Å²) in [6.07, 6.45) is 35.8. The first-order chi connectivity index (χ1) is 71.4. The standard InChI is InChI=1S/C32H41N3O2.C32H37N3O2.C31H36N4O2.C30H33N3O2/c36-31(33-26-18-17-23-12-8-13-25(23)22-26)28-15-9-21-35(30(28)24-10-2-1-3-11-24)32(37)27-14-4-5-16-29(27)34-19-6-7-20-34;1-22-11-7-12-23(2)29(22)32(37)35-20-10-18-28(30(35)25-14-5-4-6-15-25)31(36)33-26-16-8-17-27(21-26)34-19-9-13-24(34)3;36-30(33-25-17-16-22-11-6-12-24(22)21-25)27-14-7-19-34(29(27)23-9-2-1-3-10-23)31(37)26-13-4-5-15-28(26)35-20-8-18-32-35;1-22-11-5-6-16-26(22)30(35)33-20-10-17-27(28(33)23-12-3-2-4-13-23)29(34)31-24-14-9-15-25(21-24)32-18-7-8-19-32/h4-5,14,16-18,22,24,28,30H,1-3,6-13,15,19-21H2,(H,33,36);4-8,11-12,14-17,21,24,28,30H,9-10,13,18-20H2,1-3H3,(H,33,36);4-5,8,13,15-18,20-21,23,27,29H,1-3,6-7,9-12,14,19H2,(H,33,36);2-6,9,11-16,21,27-28H,7-8,10,17-20H2,1H3,(H,31,34)/t28-,30-;24?,28-,30-;27-,29-;27-,28-/m0000/s1. The van der Waals surface area contributed by atoms with Crippen LogP contribution in [0.1, 0.15) is 277 Å². The fourth-order valence-corrected chi connectivity index (χ4v) is 26.1. The first-order valence-electron chi connectivity index (χ1n) is 55.0. The largest absolute Gasteiger partial charge is 0.371 e. The minimum absolute atomic E-state index is 0.00646. The van der Waals surface area contributed by atoms with Crippen LogP contribution in [0.5, 0.6) is 0 Å². The van der Waals surface area contributed by atoms with Crippen LogP contribution < -0.4 is 36.0 Å². The molecule has 9 atom stereocenters. The zero-order chi connectivity index (χ0) is 101. The van der Waals surface area contributed by atoms with E-state index in [0.717, 1.165) is 226 Å². The number of aromatic nitrogens is 2. The van der Waals surface area contributed by atoms with Gasteiger partial charge in [-0.2, -0.15) is 5.10 Å². The monoisotopic (exact) mass is 1960 g/mol. The highest BCUT2D eigenvalue weighted by Gasteiger charge is 2.48. The summed E-state index contributed by atoms with van der Waals surface area (Å²) in [4.78, 5) is 126. The minimum atomic E-state index is -0.334. The maximum absolute atomic E-state index is 14.3. The molecule has 1 unspecified atom stereocenters. The molecule has 760 valence electrons. The highest BCUT2D eigenvalue weighted by atomic mass is 16.2. The number of aryl methyl sites for hydroxylation is 7. The maximum atomic E-state index is 14.3. The number of hydrogen-bond donors (Lipinski definition) is 4. The Morgan fingerprint density at radius 1 is 0.295 bits per heavy atom. The molecule has 11 aliphatic rings. The minimum Gasteiger partial charge on any atom is -0.371 e. The lowest BCUT2D eigenvalue weighted by atomic mass is 9.74. The summed E-state index contributed by atoms with van der Waals surface area (Å²) < 4.78 is 1.75. The second-order valence-corrected chi connectivity index (χ2v) is 42.8. The van der Waals surface area contributed by atoms with Crippen LogP contribution in [-0.4, -0.2) is 154 Å². The van der Waals surface area contributed by atoms with Gasteiger partial charge in [0.2, 0.25) is 23.6 Å². The van der Waals surface area contributed by atoms with Crippen LogP contribution in [-0.2, 0) is 44.9 Å². The molecule has 4 N–H and O–H groups in total. The summed E-state index contributed by atoms with van der Waals surface area (Å²) in [7, 11) is 0. The van der Waals surface area contributed by atoms with Crippen molar-refractivity contribution >= 4 is 87.1 Å². The fourth-order valence-electron chi connectivity index (χ4n) is 26.1. The molecule has 0 spiro atoms. The molecule has 7 aliphatic heterocycles. The van der Waals surface area contributed by atoms with Crippen LogP contribution in [0.4, 0.5) is 39.8 Å². The van der Waals surface area contributed by atoms with Crippen molar-refractivity contribution in [1.29, 1.82) is 0 Å². The highest BCUT2D eigenvalue weighted by molar-refractivity contribution is 6.03. The van der Waals surface area contributed by atoms with Crippen LogP contribution in [0.3, 0.4) is 0 Å². The number of nitrogens with zero attached hydrogens (tertiary/aromatic N) is 9. The van der Waals surface area contributed by atoms with Gasteiger partial charge in [-0.25, -0.2) is 4.68 Å². The zero-order valence-electron chi connectivity index (χ0n) is 86.0. The summed E-state index contributed by atoms with van der Waals surface area (Å²) in [5, 5.41) is 17.3. The normalized spacial score (nSPS) is 22.0. The molecule has 0 bridgehead atoms. The number of para-hydroxylation sites is 2. The summed E-state index contributed by atoms with van der Waals surface area (Å²) in [5.74, 6) is -0.0442. The third-order valence-corrected chi connectivity index (χ3v) is 33.4. The molecule has 0 radical (unpaired) electrons. The zero-order valence-corrected chi connectivity index (χ0v) is 86.0. The molecule has 146 heavy (non-hydrogen) atoms. The SMILES string of the molecule is Cc1cccc(C)c1C(=O)N1CCC[C@H](C(=O)Nc2cccc(N3CCCC3C)c2)[C@@H]1c1ccccc1.Cc1ccccc1C(=O)N1CCC[C@H](C(=O)Nc2cccc(N3CCCC3)c2)[C@@H]1c1ccccc1.O=C(Nc1ccc2c(c1)CCC2)[C@H]1CCCN(C(=O)c2ccccc2-n2cccn2)[C@H]1C1CCCCC1.O=C(Nc1ccc2c(c1)CCC2)[C@H]1CCCN(C(=O)c2ccccc2N2CCCC2)[C@H]1C1CCCCC1. The van der Waals surface area contributed by atoms with Crippen LogP contribution in [0, 0.1) is 56.3 Å². The topological polar surface area (TPSA) is 225 Å². The van der Waals surface area contributed by atoms with E-state index >= 15 is 0 Å². The Hall–Kier alpha value is -13.4. The van der Waals surface area contributed by atoms with Crippen molar-refractivity contribution in [3.05, 3.63) is 327 Å².